The Labute approximate surface area is 159 Å². The maximum Gasteiger partial charge on any atom is 1.00 e. The molecule has 1 heterocycles. The van der Waals surface area contributed by atoms with Crippen LogP contribution in [0, 0.1) is 0 Å². The summed E-state index contributed by atoms with van der Waals surface area (Å²) in [6.45, 7) is 0.130. The van der Waals surface area contributed by atoms with Gasteiger partial charge in [0.2, 0.25) is 0 Å². The van der Waals surface area contributed by atoms with E-state index in [0.29, 0.717) is 12.0 Å². The van der Waals surface area contributed by atoms with Crippen molar-refractivity contribution in [1.29, 1.82) is 0 Å². The zero-order valence-electron chi connectivity index (χ0n) is 9.77. The molecule has 1 atom stereocenters. The second kappa shape index (κ2) is 11.0. The number of nitrogens with zero attached hydrogens (tertiary/aromatic N) is 2. The molecule has 96 valence electrons. The van der Waals surface area contributed by atoms with Gasteiger partial charge in [-0.3, -0.25) is 15.4 Å². The van der Waals surface area contributed by atoms with Crippen LogP contribution >= 0.6 is 12.0 Å². The minimum absolute atomic E-state index is 0. The normalized spacial score (nSPS) is 21.4. The first-order valence-corrected chi connectivity index (χ1v) is 6.81. The fourth-order valence-corrected chi connectivity index (χ4v) is 2.45. The Bertz CT molecular complexity index is 321. The maximum atomic E-state index is 10.5. The van der Waals surface area contributed by atoms with E-state index < -0.39 is 21.5 Å². The van der Waals surface area contributed by atoms with Crippen LogP contribution in [0.4, 0.5) is 0 Å². The van der Waals surface area contributed by atoms with Crippen molar-refractivity contribution in [3.05, 3.63) is 0 Å². The van der Waals surface area contributed by atoms with Crippen molar-refractivity contribution in [3.63, 3.8) is 0 Å². The first-order chi connectivity index (χ1) is 7.42. The smallest absolute Gasteiger partial charge is 0.757 e. The SMILES string of the molecule is O=S(=O)([O-])CN1CN(CSOO[O-])NC1[S-].[Na+].[Na+]. The molecule has 0 aromatic heterocycles. The Hall–Kier alpha value is 2.37. The zero-order chi connectivity index (χ0) is 12.2. The van der Waals surface area contributed by atoms with E-state index in [1.165, 1.54) is 9.91 Å². The van der Waals surface area contributed by atoms with Crippen molar-refractivity contribution in [1.82, 2.24) is 15.3 Å². The molecule has 1 saturated heterocycles. The molecule has 9 nitrogen and oxygen atoms in total. The van der Waals surface area contributed by atoms with E-state index in [-0.39, 0.29) is 71.7 Å². The molecule has 18 heavy (non-hydrogen) atoms. The van der Waals surface area contributed by atoms with Crippen LogP contribution in [-0.4, -0.2) is 46.8 Å². The predicted molar refractivity (Wildman–Crippen MR) is 52.0 cm³/mol. The van der Waals surface area contributed by atoms with E-state index in [1.54, 1.807) is 0 Å². The molecule has 0 aromatic rings. The van der Waals surface area contributed by atoms with Gasteiger partial charge in [-0.15, -0.1) is 0 Å². The minimum Gasteiger partial charge on any atom is -0.757 e. The van der Waals surface area contributed by atoms with Crippen LogP contribution in [0.2, 0.25) is 0 Å². The summed E-state index contributed by atoms with van der Waals surface area (Å²) in [4.78, 5) is 1.25. The Morgan fingerprint density at radius 3 is 2.61 bits per heavy atom. The van der Waals surface area contributed by atoms with Crippen molar-refractivity contribution in [2.45, 2.75) is 5.50 Å². The molecule has 1 N–H and O–H groups in total. The van der Waals surface area contributed by atoms with Crippen LogP contribution in [0.5, 0.6) is 0 Å². The zero-order valence-corrected chi connectivity index (χ0v) is 16.2. The number of hydrazine groups is 1. The van der Waals surface area contributed by atoms with Gasteiger partial charge < -0.3 is 22.4 Å². The van der Waals surface area contributed by atoms with Crippen LogP contribution in [-0.2, 0) is 32.1 Å². The van der Waals surface area contributed by atoms with Crippen LogP contribution in [0.25, 0.3) is 0 Å². The quantitative estimate of drug-likeness (QED) is 0.0947. The van der Waals surface area contributed by atoms with Crippen LogP contribution < -0.4 is 69.8 Å². The topological polar surface area (TPSA) is 117 Å². The molecular formula is C4H8N3Na2O6S3-. The summed E-state index contributed by atoms with van der Waals surface area (Å²) in [7, 11) is -4.36. The third-order valence-corrected chi connectivity index (χ3v) is 3.21. The third kappa shape index (κ3) is 9.33. The summed E-state index contributed by atoms with van der Waals surface area (Å²) in [5, 5.41) is 14.1. The van der Waals surface area contributed by atoms with Crippen LogP contribution in [0.1, 0.15) is 0 Å². The summed E-state index contributed by atoms with van der Waals surface area (Å²) < 4.78 is 35.6. The van der Waals surface area contributed by atoms with Gasteiger partial charge in [-0.05, 0) is 5.50 Å². The van der Waals surface area contributed by atoms with Gasteiger partial charge in [0.15, 0.2) is 0 Å². The van der Waals surface area contributed by atoms with E-state index in [4.69, 9.17) is 12.6 Å². The molecule has 1 fully saturated rings. The number of hydrogen-bond donors (Lipinski definition) is 1. The Morgan fingerprint density at radius 1 is 1.50 bits per heavy atom. The standard InChI is InChI=1S/C4H11N3O6S3.2Na/c8-12-13-15-2-7-1-6(4(14)5-7)3-16(9,10)11;;/h4-5,8,14H,1-3H2,(H,9,10,11);;/q;2*+1/p-3. The van der Waals surface area contributed by atoms with Gasteiger partial charge in [-0.1, -0.05) is 0 Å². The molecule has 0 amide bonds. The Kier molecular flexibility index (Phi) is 13.8. The average molecular weight is 336 g/mol. The summed E-state index contributed by atoms with van der Waals surface area (Å²) in [5.41, 5.74) is 2.00. The third-order valence-electron chi connectivity index (χ3n) is 1.59. The molecule has 14 heteroatoms. The predicted octanol–water partition coefficient (Wildman–Crippen LogP) is -8.76. The summed E-state index contributed by atoms with van der Waals surface area (Å²) in [6.07, 6.45) is 0. The molecule has 1 aliphatic rings. The van der Waals surface area contributed by atoms with Gasteiger partial charge in [0.05, 0.1) is 18.4 Å². The molecule has 0 spiro atoms. The fraction of sp³-hybridized carbons (Fsp3) is 1.00. The minimum atomic E-state index is -4.36. The number of nitrogens with one attached hydrogen (secondary N) is 1. The average Bonchev–Trinajstić information content (AvgIpc) is 2.45. The monoisotopic (exact) mass is 336 g/mol. The van der Waals surface area contributed by atoms with Gasteiger partial charge in [0, 0.05) is 12.0 Å². The second-order valence-electron chi connectivity index (χ2n) is 2.82. The van der Waals surface area contributed by atoms with Crippen LogP contribution in [0.3, 0.4) is 0 Å². The van der Waals surface area contributed by atoms with Crippen LogP contribution in [0.15, 0.2) is 0 Å². The summed E-state index contributed by atoms with van der Waals surface area (Å²) in [5.74, 6) is -0.487. The maximum absolute atomic E-state index is 10.5. The van der Waals surface area contributed by atoms with Gasteiger partial charge >= 0.3 is 59.1 Å². The first kappa shape index (κ1) is 22.6. The summed E-state index contributed by atoms with van der Waals surface area (Å²) >= 11 is 5.58. The number of hydrogen-bond acceptors (Lipinski definition) is 11. The molecule has 0 radical (unpaired) electrons. The van der Waals surface area contributed by atoms with Crippen molar-refractivity contribution in [2.24, 2.45) is 0 Å². The molecule has 0 saturated carbocycles. The largest absolute Gasteiger partial charge is 1.00 e. The fourth-order valence-electron chi connectivity index (χ4n) is 1.07. The van der Waals surface area contributed by atoms with Crippen molar-refractivity contribution < 1.29 is 86.7 Å². The van der Waals surface area contributed by atoms with E-state index >= 15 is 0 Å². The molecule has 0 aromatic carbocycles. The number of rotatable bonds is 6. The van der Waals surface area contributed by atoms with Gasteiger partial charge in [-0.2, -0.15) is 4.33 Å². The molecule has 1 aliphatic heterocycles. The van der Waals surface area contributed by atoms with E-state index in [9.17, 15) is 18.2 Å². The molecule has 1 rings (SSSR count). The van der Waals surface area contributed by atoms with Gasteiger partial charge in [-0.25, -0.2) is 13.4 Å². The molecule has 1 unspecified atom stereocenters. The Morgan fingerprint density at radius 2 is 2.11 bits per heavy atom. The van der Waals surface area contributed by atoms with Crippen molar-refractivity contribution in [2.75, 3.05) is 18.4 Å². The Balaban J connectivity index is 0. The molecule has 0 bridgehead atoms. The van der Waals surface area contributed by atoms with E-state index in [1.807, 2.05) is 0 Å². The second-order valence-corrected chi connectivity index (χ2v) is 5.27. The van der Waals surface area contributed by atoms with Crippen molar-refractivity contribution >= 4 is 34.8 Å². The molecular weight excluding hydrogens is 328 g/mol. The first-order valence-electron chi connectivity index (χ1n) is 3.85. The molecule has 0 aliphatic carbocycles. The van der Waals surface area contributed by atoms with Gasteiger partial charge in [0.25, 0.3) is 0 Å². The summed E-state index contributed by atoms with van der Waals surface area (Å²) in [6, 6.07) is 0. The van der Waals surface area contributed by atoms with Gasteiger partial charge in [0.1, 0.15) is 10.1 Å². The van der Waals surface area contributed by atoms with E-state index in [0.717, 1.165) is 0 Å². The van der Waals surface area contributed by atoms with Crippen molar-refractivity contribution in [3.8, 4) is 0 Å². The van der Waals surface area contributed by atoms with E-state index in [2.05, 4.69) is 14.8 Å².